The quantitative estimate of drug-likeness (QED) is 0.493. The Morgan fingerprint density at radius 1 is 0.949 bits per heavy atom. The Bertz CT molecular complexity index is 1290. The van der Waals surface area contributed by atoms with Gasteiger partial charge in [0, 0.05) is 55.2 Å². The number of benzene rings is 2. The summed E-state index contributed by atoms with van der Waals surface area (Å²) in [7, 11) is 0. The normalized spacial score (nSPS) is 22.2. The van der Waals surface area contributed by atoms with Crippen molar-refractivity contribution in [3.63, 3.8) is 0 Å². The predicted octanol–water partition coefficient (Wildman–Crippen LogP) is 3.83. The third-order valence-electron chi connectivity index (χ3n) is 7.71. The fourth-order valence-corrected chi connectivity index (χ4v) is 5.57. The first-order valence-electron chi connectivity index (χ1n) is 14.0. The van der Waals surface area contributed by atoms with Crippen molar-refractivity contribution in [3.8, 4) is 17.0 Å². The number of aromatic nitrogens is 2. The van der Waals surface area contributed by atoms with Crippen molar-refractivity contribution in [1.29, 1.82) is 0 Å². The van der Waals surface area contributed by atoms with Crippen LogP contribution in [0.3, 0.4) is 0 Å². The monoisotopic (exact) mass is 528 g/mol. The van der Waals surface area contributed by atoms with Gasteiger partial charge in [0.1, 0.15) is 5.75 Å². The summed E-state index contributed by atoms with van der Waals surface area (Å²) in [5.41, 5.74) is 5.25. The van der Waals surface area contributed by atoms with Gasteiger partial charge in [-0.1, -0.05) is 12.1 Å². The molecule has 2 N–H and O–H groups in total. The summed E-state index contributed by atoms with van der Waals surface area (Å²) < 4.78 is 11.6. The first-order chi connectivity index (χ1) is 19.2. The molecular weight excluding hydrogens is 492 g/mol. The van der Waals surface area contributed by atoms with Crippen LogP contribution in [0.1, 0.15) is 24.8 Å². The summed E-state index contributed by atoms with van der Waals surface area (Å²) in [6.45, 7) is 7.06. The minimum Gasteiger partial charge on any atom is -0.494 e. The van der Waals surface area contributed by atoms with E-state index >= 15 is 0 Å². The van der Waals surface area contributed by atoms with Crippen LogP contribution >= 0.6 is 0 Å². The second kappa shape index (κ2) is 12.0. The molecule has 0 radical (unpaired) electrons. The first-order valence-corrected chi connectivity index (χ1v) is 14.0. The number of fused-ring (bicyclic) bond motifs is 7. The minimum atomic E-state index is 0.0723. The van der Waals surface area contributed by atoms with E-state index in [1.165, 1.54) is 11.3 Å². The lowest BCUT2D eigenvalue weighted by molar-refractivity contribution is -0.126. The molecule has 3 aromatic rings. The average molecular weight is 529 g/mol. The van der Waals surface area contributed by atoms with Crippen LogP contribution in [0.5, 0.6) is 5.75 Å². The number of piperidine rings is 1. The van der Waals surface area contributed by atoms with E-state index in [1.807, 2.05) is 30.3 Å². The van der Waals surface area contributed by atoms with Gasteiger partial charge in [-0.25, -0.2) is 9.97 Å². The molecule has 1 aromatic heterocycles. The molecule has 9 heteroatoms. The number of ether oxygens (including phenoxy) is 2. The molecule has 0 spiro atoms. The molecule has 39 heavy (non-hydrogen) atoms. The van der Waals surface area contributed by atoms with Crippen molar-refractivity contribution in [2.75, 3.05) is 62.8 Å². The van der Waals surface area contributed by atoms with Crippen LogP contribution in [0.2, 0.25) is 0 Å². The van der Waals surface area contributed by atoms with E-state index < -0.39 is 0 Å². The van der Waals surface area contributed by atoms with E-state index in [0.29, 0.717) is 19.1 Å². The standard InChI is InChI=1S/C30H36N6O3/c37-29-22-8-12-35(13-9-22)21-24-19-25(5-6-28(24)36-14-17-38-18-15-36)33-30-32-11-7-27(34-30)23-3-1-4-26(20-23)39-16-2-10-31-29/h1,3-7,11,19-20,22H,2,8-10,12-18,21H2,(H,31,37)(H,32,33,34). The summed E-state index contributed by atoms with van der Waals surface area (Å²) in [6, 6.07) is 16.4. The van der Waals surface area contributed by atoms with Gasteiger partial charge in [-0.15, -0.1) is 0 Å². The van der Waals surface area contributed by atoms with Gasteiger partial charge < -0.3 is 25.0 Å². The van der Waals surface area contributed by atoms with Crippen molar-refractivity contribution in [2.45, 2.75) is 25.8 Å². The van der Waals surface area contributed by atoms with Crippen LogP contribution < -0.4 is 20.3 Å². The highest BCUT2D eigenvalue weighted by molar-refractivity contribution is 5.78. The van der Waals surface area contributed by atoms with E-state index in [9.17, 15) is 4.79 Å². The number of nitrogens with zero attached hydrogens (tertiary/aromatic N) is 4. The van der Waals surface area contributed by atoms with Crippen molar-refractivity contribution >= 4 is 23.2 Å². The Balaban J connectivity index is 1.31. The maximum absolute atomic E-state index is 12.8. The molecule has 8 bridgehead atoms. The van der Waals surface area contributed by atoms with Gasteiger partial charge in [0.05, 0.1) is 25.5 Å². The maximum atomic E-state index is 12.8. The first kappa shape index (κ1) is 25.6. The maximum Gasteiger partial charge on any atom is 0.227 e. The summed E-state index contributed by atoms with van der Waals surface area (Å²) in [6.07, 6.45) is 4.29. The van der Waals surface area contributed by atoms with Crippen LogP contribution in [0.25, 0.3) is 11.3 Å². The van der Waals surface area contributed by atoms with Crippen LogP contribution in [0.15, 0.2) is 54.7 Å². The number of hydrogen-bond acceptors (Lipinski definition) is 8. The van der Waals surface area contributed by atoms with Crippen LogP contribution in [-0.4, -0.2) is 73.3 Å². The van der Waals surface area contributed by atoms with Crippen molar-refractivity contribution < 1.29 is 14.3 Å². The van der Waals surface area contributed by atoms with Crippen LogP contribution in [-0.2, 0) is 16.1 Å². The molecule has 0 atom stereocenters. The minimum absolute atomic E-state index is 0.0723. The van der Waals surface area contributed by atoms with E-state index in [1.54, 1.807) is 6.20 Å². The van der Waals surface area contributed by atoms with E-state index in [-0.39, 0.29) is 11.8 Å². The fourth-order valence-electron chi connectivity index (χ4n) is 5.57. The zero-order chi connectivity index (χ0) is 26.4. The number of anilines is 3. The number of amides is 1. The molecule has 2 saturated heterocycles. The molecule has 1 amide bonds. The Hall–Kier alpha value is -3.69. The third kappa shape index (κ3) is 6.32. The number of carbonyl (C=O) groups is 1. The highest BCUT2D eigenvalue weighted by Crippen LogP contribution is 2.30. The van der Waals surface area contributed by atoms with Crippen molar-refractivity contribution in [1.82, 2.24) is 20.2 Å². The van der Waals surface area contributed by atoms with Crippen LogP contribution in [0, 0.1) is 5.92 Å². The summed E-state index contributed by atoms with van der Waals surface area (Å²) in [5.74, 6) is 1.58. The smallest absolute Gasteiger partial charge is 0.227 e. The Kier molecular flexibility index (Phi) is 7.87. The molecule has 9 nitrogen and oxygen atoms in total. The number of nitrogens with one attached hydrogen (secondary N) is 2. The van der Waals surface area contributed by atoms with E-state index in [0.717, 1.165) is 87.9 Å². The van der Waals surface area contributed by atoms with Crippen molar-refractivity contribution in [2.24, 2.45) is 5.92 Å². The summed E-state index contributed by atoms with van der Waals surface area (Å²) in [4.78, 5) is 27.0. The molecule has 2 fully saturated rings. The zero-order valence-corrected chi connectivity index (χ0v) is 22.3. The zero-order valence-electron chi connectivity index (χ0n) is 22.3. The Morgan fingerprint density at radius 2 is 1.82 bits per heavy atom. The largest absolute Gasteiger partial charge is 0.494 e. The molecule has 5 heterocycles. The van der Waals surface area contributed by atoms with Gasteiger partial charge in [0.2, 0.25) is 11.9 Å². The molecule has 7 rings (SSSR count). The van der Waals surface area contributed by atoms with Crippen molar-refractivity contribution in [3.05, 3.63) is 60.3 Å². The molecule has 0 unspecified atom stereocenters. The van der Waals surface area contributed by atoms with Gasteiger partial charge in [-0.05, 0) is 74.3 Å². The summed E-state index contributed by atoms with van der Waals surface area (Å²) in [5, 5.41) is 6.56. The Morgan fingerprint density at radius 3 is 2.69 bits per heavy atom. The SMILES string of the molecule is O=C1NCCCOc2cccc(c2)-c2ccnc(n2)Nc2ccc(N3CCOCC3)c(c2)CN2CCC1CC2. The summed E-state index contributed by atoms with van der Waals surface area (Å²) >= 11 is 0. The number of morpholine rings is 1. The van der Waals surface area contributed by atoms with Crippen LogP contribution in [0.4, 0.5) is 17.3 Å². The number of rotatable bonds is 1. The highest BCUT2D eigenvalue weighted by atomic mass is 16.5. The lowest BCUT2D eigenvalue weighted by Crippen LogP contribution is -2.41. The lowest BCUT2D eigenvalue weighted by Gasteiger charge is -2.34. The molecule has 4 aliphatic rings. The molecule has 204 valence electrons. The van der Waals surface area contributed by atoms with Gasteiger partial charge >= 0.3 is 0 Å². The molecule has 2 aromatic carbocycles. The van der Waals surface area contributed by atoms with Gasteiger partial charge in [0.25, 0.3) is 0 Å². The molecule has 0 saturated carbocycles. The van der Waals surface area contributed by atoms with Gasteiger partial charge in [0.15, 0.2) is 0 Å². The second-order valence-electron chi connectivity index (χ2n) is 10.4. The van der Waals surface area contributed by atoms with E-state index in [2.05, 4.69) is 43.6 Å². The Labute approximate surface area is 229 Å². The van der Waals surface area contributed by atoms with Gasteiger partial charge in [-0.2, -0.15) is 0 Å². The molecule has 0 aliphatic carbocycles. The predicted molar refractivity (Wildman–Crippen MR) is 151 cm³/mol. The molecule has 4 aliphatic heterocycles. The van der Waals surface area contributed by atoms with Gasteiger partial charge in [-0.3, -0.25) is 9.69 Å². The topological polar surface area (TPSA) is 91.8 Å². The highest BCUT2D eigenvalue weighted by Gasteiger charge is 2.26. The van der Waals surface area contributed by atoms with E-state index in [4.69, 9.17) is 14.5 Å². The fraction of sp³-hybridized carbons (Fsp3) is 0.433. The second-order valence-corrected chi connectivity index (χ2v) is 10.4. The number of carbonyl (C=O) groups excluding carboxylic acids is 1. The molecular formula is C30H36N6O3. The number of hydrogen-bond donors (Lipinski definition) is 2. The average Bonchev–Trinajstić information content (AvgIpc) is 2.98. The third-order valence-corrected chi connectivity index (χ3v) is 7.71. The lowest BCUT2D eigenvalue weighted by atomic mass is 9.95.